The Morgan fingerprint density at radius 3 is 2.47 bits per heavy atom. The van der Waals surface area contributed by atoms with Crippen LogP contribution in [0.2, 0.25) is 0 Å². The van der Waals surface area contributed by atoms with Crippen molar-refractivity contribution in [3.8, 4) is 5.75 Å². The monoisotopic (exact) mass is 265 g/mol. The van der Waals surface area contributed by atoms with Crippen molar-refractivity contribution < 1.29 is 14.6 Å². The highest BCUT2D eigenvalue weighted by Gasteiger charge is 2.15. The highest BCUT2D eigenvalue weighted by molar-refractivity contribution is 5.91. The Hall–Kier alpha value is -1.55. The van der Waals surface area contributed by atoms with Crippen LogP contribution in [-0.2, 0) is 6.54 Å². The highest BCUT2D eigenvalue weighted by Crippen LogP contribution is 2.21. The molecule has 0 aliphatic heterocycles. The zero-order valence-electron chi connectivity index (χ0n) is 12.4. The van der Waals surface area contributed by atoms with Gasteiger partial charge in [0.2, 0.25) is 0 Å². The van der Waals surface area contributed by atoms with E-state index in [0.29, 0.717) is 5.75 Å². The van der Waals surface area contributed by atoms with Crippen LogP contribution in [0.5, 0.6) is 5.75 Å². The lowest BCUT2D eigenvalue weighted by Gasteiger charge is -2.26. The van der Waals surface area contributed by atoms with Gasteiger partial charge in [0.15, 0.2) is 0 Å². The minimum atomic E-state index is -0.961. The molecule has 4 heteroatoms. The lowest BCUT2D eigenvalue weighted by atomic mass is 9.96. The zero-order valence-corrected chi connectivity index (χ0v) is 12.4. The molecule has 0 aromatic heterocycles. The van der Waals surface area contributed by atoms with E-state index in [9.17, 15) is 4.79 Å². The van der Waals surface area contributed by atoms with E-state index in [0.717, 1.165) is 18.7 Å². The van der Waals surface area contributed by atoms with Crippen molar-refractivity contribution in [1.29, 1.82) is 0 Å². The first-order valence-electron chi connectivity index (χ1n) is 6.31. The largest absolute Gasteiger partial charge is 0.496 e. The molecule has 1 N–H and O–H groups in total. The number of ether oxygens (including phenoxy) is 1. The number of nitrogens with zero attached hydrogens (tertiary/aromatic N) is 1. The van der Waals surface area contributed by atoms with Crippen molar-refractivity contribution in [1.82, 2.24) is 4.90 Å². The molecule has 0 bridgehead atoms. The van der Waals surface area contributed by atoms with Crippen LogP contribution in [0.15, 0.2) is 18.2 Å². The van der Waals surface area contributed by atoms with Crippen LogP contribution in [0.3, 0.4) is 0 Å². The van der Waals surface area contributed by atoms with E-state index in [1.165, 1.54) is 7.11 Å². The molecule has 106 valence electrons. The average Bonchev–Trinajstić information content (AvgIpc) is 2.26. The van der Waals surface area contributed by atoms with Gasteiger partial charge in [0, 0.05) is 13.1 Å². The molecule has 19 heavy (non-hydrogen) atoms. The van der Waals surface area contributed by atoms with Gasteiger partial charge in [-0.25, -0.2) is 4.79 Å². The molecule has 0 saturated carbocycles. The average molecular weight is 265 g/mol. The molecule has 0 saturated heterocycles. The smallest absolute Gasteiger partial charge is 0.339 e. The fourth-order valence-electron chi connectivity index (χ4n) is 2.20. The van der Waals surface area contributed by atoms with Gasteiger partial charge in [0.1, 0.15) is 11.3 Å². The Labute approximate surface area is 115 Å². The quantitative estimate of drug-likeness (QED) is 0.889. The summed E-state index contributed by atoms with van der Waals surface area (Å²) < 4.78 is 5.05. The van der Waals surface area contributed by atoms with E-state index in [1.807, 2.05) is 13.1 Å². The zero-order chi connectivity index (χ0) is 14.6. The molecule has 0 fully saturated rings. The van der Waals surface area contributed by atoms with Crippen molar-refractivity contribution in [2.24, 2.45) is 5.41 Å². The van der Waals surface area contributed by atoms with E-state index in [1.54, 1.807) is 12.1 Å². The van der Waals surface area contributed by atoms with E-state index in [4.69, 9.17) is 9.84 Å². The van der Waals surface area contributed by atoms with E-state index >= 15 is 0 Å². The third kappa shape index (κ3) is 4.91. The fourth-order valence-corrected chi connectivity index (χ4v) is 2.20. The minimum Gasteiger partial charge on any atom is -0.496 e. The van der Waals surface area contributed by atoms with Crippen LogP contribution in [0.4, 0.5) is 0 Å². The van der Waals surface area contributed by atoms with Crippen LogP contribution in [0.25, 0.3) is 0 Å². The molecule has 0 aliphatic carbocycles. The summed E-state index contributed by atoms with van der Waals surface area (Å²) in [7, 11) is 3.52. The molecular formula is C15H23NO3. The fraction of sp³-hybridized carbons (Fsp3) is 0.533. The number of aromatic carboxylic acids is 1. The van der Waals surface area contributed by atoms with Crippen molar-refractivity contribution in [3.05, 3.63) is 29.3 Å². The number of methoxy groups -OCH3 is 1. The van der Waals surface area contributed by atoms with Gasteiger partial charge in [-0.3, -0.25) is 0 Å². The van der Waals surface area contributed by atoms with Gasteiger partial charge < -0.3 is 14.7 Å². The van der Waals surface area contributed by atoms with Gasteiger partial charge in [-0.2, -0.15) is 0 Å². The molecule has 1 aromatic carbocycles. The second-order valence-electron chi connectivity index (χ2n) is 6.07. The van der Waals surface area contributed by atoms with Gasteiger partial charge in [-0.15, -0.1) is 0 Å². The van der Waals surface area contributed by atoms with Gasteiger partial charge in [0.25, 0.3) is 0 Å². The SMILES string of the molecule is COc1ccc(CN(C)CC(C)(C)C)cc1C(=O)O. The maximum Gasteiger partial charge on any atom is 0.339 e. The summed E-state index contributed by atoms with van der Waals surface area (Å²) in [6.07, 6.45) is 0. The first-order chi connectivity index (χ1) is 8.73. The maximum atomic E-state index is 11.2. The summed E-state index contributed by atoms with van der Waals surface area (Å²) in [5.41, 5.74) is 1.41. The Morgan fingerprint density at radius 1 is 1.37 bits per heavy atom. The third-order valence-corrected chi connectivity index (χ3v) is 2.69. The highest BCUT2D eigenvalue weighted by atomic mass is 16.5. The van der Waals surface area contributed by atoms with Gasteiger partial charge in [-0.05, 0) is 30.2 Å². The second-order valence-corrected chi connectivity index (χ2v) is 6.07. The summed E-state index contributed by atoms with van der Waals surface area (Å²) in [5.74, 6) is -0.563. The number of hydrogen-bond acceptors (Lipinski definition) is 3. The normalized spacial score (nSPS) is 11.7. The van der Waals surface area contributed by atoms with Gasteiger partial charge in [0.05, 0.1) is 7.11 Å². The third-order valence-electron chi connectivity index (χ3n) is 2.69. The number of carbonyl (C=O) groups is 1. The van der Waals surface area contributed by atoms with Crippen LogP contribution in [-0.4, -0.2) is 36.7 Å². The number of carboxylic acid groups (broad SMARTS) is 1. The van der Waals surface area contributed by atoms with E-state index < -0.39 is 5.97 Å². The summed E-state index contributed by atoms with van der Waals surface area (Å²) in [6, 6.07) is 5.30. The van der Waals surface area contributed by atoms with E-state index in [-0.39, 0.29) is 11.0 Å². The number of benzene rings is 1. The Bertz CT molecular complexity index is 449. The number of rotatable bonds is 5. The van der Waals surface area contributed by atoms with Crippen LogP contribution < -0.4 is 4.74 Å². The first-order valence-corrected chi connectivity index (χ1v) is 6.31. The summed E-state index contributed by atoms with van der Waals surface area (Å²) in [5, 5.41) is 9.15. The summed E-state index contributed by atoms with van der Waals surface area (Å²) in [6.45, 7) is 8.21. The second kappa shape index (κ2) is 6.06. The Balaban J connectivity index is 2.85. The molecule has 1 aromatic rings. The van der Waals surface area contributed by atoms with Crippen LogP contribution >= 0.6 is 0 Å². The molecule has 0 heterocycles. The van der Waals surface area contributed by atoms with Crippen LogP contribution in [0, 0.1) is 5.41 Å². The first kappa shape index (κ1) is 15.5. The molecule has 0 unspecified atom stereocenters. The minimum absolute atomic E-state index is 0.212. The molecule has 0 radical (unpaired) electrons. The van der Waals surface area contributed by atoms with E-state index in [2.05, 4.69) is 25.7 Å². The molecule has 0 amide bonds. The van der Waals surface area contributed by atoms with Crippen molar-refractivity contribution >= 4 is 5.97 Å². The van der Waals surface area contributed by atoms with Crippen molar-refractivity contribution in [3.63, 3.8) is 0 Å². The maximum absolute atomic E-state index is 11.2. The molecular weight excluding hydrogens is 242 g/mol. The Kier molecular flexibility index (Phi) is 4.95. The summed E-state index contributed by atoms with van der Waals surface area (Å²) in [4.78, 5) is 13.3. The van der Waals surface area contributed by atoms with Crippen molar-refractivity contribution in [2.75, 3.05) is 20.7 Å². The molecule has 0 atom stereocenters. The molecule has 4 nitrogen and oxygen atoms in total. The lowest BCUT2D eigenvalue weighted by molar-refractivity contribution is 0.0693. The van der Waals surface area contributed by atoms with Gasteiger partial charge >= 0.3 is 5.97 Å². The van der Waals surface area contributed by atoms with Crippen LogP contribution in [0.1, 0.15) is 36.7 Å². The standard InChI is InChI=1S/C15H23NO3/c1-15(2,3)10-16(4)9-11-6-7-13(19-5)12(8-11)14(17)18/h6-8H,9-10H2,1-5H3,(H,17,18). The molecule has 0 spiro atoms. The predicted molar refractivity (Wildman–Crippen MR) is 75.7 cm³/mol. The van der Waals surface area contributed by atoms with Crippen molar-refractivity contribution in [2.45, 2.75) is 27.3 Å². The number of carboxylic acids is 1. The number of hydrogen-bond donors (Lipinski definition) is 1. The summed E-state index contributed by atoms with van der Waals surface area (Å²) >= 11 is 0. The molecule has 0 aliphatic rings. The molecule has 1 rings (SSSR count). The van der Waals surface area contributed by atoms with Gasteiger partial charge in [-0.1, -0.05) is 26.8 Å². The predicted octanol–water partition coefficient (Wildman–Crippen LogP) is 2.87. The Morgan fingerprint density at radius 2 is 2.00 bits per heavy atom. The topological polar surface area (TPSA) is 49.8 Å². The lowest BCUT2D eigenvalue weighted by Crippen LogP contribution is -2.28.